The number of fused-ring (bicyclic) bond motifs is 5. The maximum atomic E-state index is 12.9. The van der Waals surface area contributed by atoms with E-state index in [1.54, 1.807) is 6.08 Å². The lowest BCUT2D eigenvalue weighted by Gasteiger charge is -2.57. The van der Waals surface area contributed by atoms with E-state index in [0.717, 1.165) is 44.0 Å². The monoisotopic (exact) mass is 342 g/mol. The molecule has 0 amide bonds. The van der Waals surface area contributed by atoms with Gasteiger partial charge in [0.25, 0.3) is 0 Å². The highest BCUT2D eigenvalue weighted by atomic mass is 16.1. The van der Waals surface area contributed by atoms with Crippen molar-refractivity contribution >= 4 is 17.9 Å². The lowest BCUT2D eigenvalue weighted by atomic mass is 9.46. The summed E-state index contributed by atoms with van der Waals surface area (Å²) in [6.45, 7) is 6.69. The van der Waals surface area contributed by atoms with Crippen LogP contribution in [0.3, 0.4) is 0 Å². The number of aldehydes is 1. The van der Waals surface area contributed by atoms with Crippen LogP contribution in [-0.2, 0) is 14.4 Å². The van der Waals surface area contributed by atoms with Crippen LogP contribution in [-0.4, -0.2) is 17.9 Å². The molecular formula is C22H30O3. The van der Waals surface area contributed by atoms with E-state index in [9.17, 15) is 14.4 Å². The summed E-state index contributed by atoms with van der Waals surface area (Å²) in [7, 11) is 0. The molecule has 4 aliphatic carbocycles. The number of hydrogen-bond acceptors (Lipinski definition) is 3. The highest BCUT2D eigenvalue weighted by Crippen LogP contribution is 2.66. The van der Waals surface area contributed by atoms with Gasteiger partial charge in [0.05, 0.1) is 0 Å². The van der Waals surface area contributed by atoms with Crippen molar-refractivity contribution in [3.8, 4) is 0 Å². The molecule has 0 spiro atoms. The number of allylic oxidation sites excluding steroid dienone is 1. The Kier molecular flexibility index (Phi) is 3.86. The van der Waals surface area contributed by atoms with Crippen LogP contribution in [0.25, 0.3) is 0 Å². The van der Waals surface area contributed by atoms with Gasteiger partial charge >= 0.3 is 0 Å². The second kappa shape index (κ2) is 5.62. The summed E-state index contributed by atoms with van der Waals surface area (Å²) in [5.41, 5.74) is 0.914. The number of ketones is 2. The molecule has 0 aromatic heterocycles. The summed E-state index contributed by atoms with van der Waals surface area (Å²) in [5, 5.41) is 0. The third-order valence-electron chi connectivity index (χ3n) is 8.71. The minimum Gasteiger partial charge on any atom is -0.303 e. The highest BCUT2D eigenvalue weighted by Gasteiger charge is 2.61. The van der Waals surface area contributed by atoms with Gasteiger partial charge in [-0.15, -0.1) is 0 Å². The summed E-state index contributed by atoms with van der Waals surface area (Å²) in [5.74, 6) is 2.43. The van der Waals surface area contributed by atoms with E-state index >= 15 is 0 Å². The van der Waals surface area contributed by atoms with Crippen molar-refractivity contribution in [1.82, 2.24) is 0 Å². The van der Waals surface area contributed by atoms with Gasteiger partial charge in [0, 0.05) is 24.3 Å². The molecule has 3 saturated carbocycles. The van der Waals surface area contributed by atoms with Gasteiger partial charge in [-0.2, -0.15) is 0 Å². The maximum Gasteiger partial charge on any atom is 0.159 e. The minimum absolute atomic E-state index is 0.108. The van der Waals surface area contributed by atoms with Crippen molar-refractivity contribution in [3.63, 3.8) is 0 Å². The average molecular weight is 342 g/mol. The summed E-state index contributed by atoms with van der Waals surface area (Å²) < 4.78 is 0. The van der Waals surface area contributed by atoms with Gasteiger partial charge in [-0.05, 0) is 72.7 Å². The number of carbonyl (C=O) groups is 3. The van der Waals surface area contributed by atoms with E-state index < -0.39 is 0 Å². The Labute approximate surface area is 150 Å². The third-order valence-corrected chi connectivity index (χ3v) is 8.71. The third kappa shape index (κ3) is 2.27. The standard InChI is InChI=1S/C22H30O3/c1-13(12-23)16-4-5-17-15-11-20(25)19-10-14(24)6-8-22(19,3)18(15)7-9-21(16,17)2/h10,12-13,15-18H,4-9,11H2,1-3H3/t13-,15?,16?,17?,18?,21-,22-/m1/s1. The van der Waals surface area contributed by atoms with Crippen LogP contribution in [0.4, 0.5) is 0 Å². The first-order valence-corrected chi connectivity index (χ1v) is 10.0. The van der Waals surface area contributed by atoms with E-state index in [2.05, 4.69) is 20.8 Å². The first-order chi connectivity index (χ1) is 11.8. The predicted octanol–water partition coefficient (Wildman–Crippen LogP) is 4.15. The fourth-order valence-corrected chi connectivity index (χ4v) is 7.39. The SMILES string of the molecule is C[C@H](C=O)C1CCC2C3CC(=O)C4=CC(=O)CC[C@]4(C)C3CC[C@@]21C. The molecule has 4 unspecified atom stereocenters. The molecule has 0 aromatic rings. The Bertz CT molecular complexity index is 662. The van der Waals surface area contributed by atoms with Crippen LogP contribution in [0.2, 0.25) is 0 Å². The summed E-state index contributed by atoms with van der Waals surface area (Å²) in [4.78, 5) is 36.2. The van der Waals surface area contributed by atoms with Gasteiger partial charge in [0.1, 0.15) is 6.29 Å². The fourth-order valence-electron chi connectivity index (χ4n) is 7.39. The molecule has 3 heteroatoms. The Morgan fingerprint density at radius 1 is 1.12 bits per heavy atom. The molecule has 25 heavy (non-hydrogen) atoms. The first-order valence-electron chi connectivity index (χ1n) is 10.0. The quantitative estimate of drug-likeness (QED) is 0.708. The Balaban J connectivity index is 1.70. The van der Waals surface area contributed by atoms with Gasteiger partial charge in [0.2, 0.25) is 0 Å². The van der Waals surface area contributed by atoms with Crippen molar-refractivity contribution in [2.75, 3.05) is 0 Å². The summed E-state index contributed by atoms with van der Waals surface area (Å²) in [6, 6.07) is 0. The Hall–Kier alpha value is -1.25. The van der Waals surface area contributed by atoms with Crippen LogP contribution in [0.1, 0.15) is 65.7 Å². The molecule has 0 N–H and O–H groups in total. The Morgan fingerprint density at radius 2 is 1.88 bits per heavy atom. The number of hydrogen-bond donors (Lipinski definition) is 0. The van der Waals surface area contributed by atoms with Crippen molar-refractivity contribution in [1.29, 1.82) is 0 Å². The van der Waals surface area contributed by atoms with E-state index in [1.165, 1.54) is 0 Å². The Morgan fingerprint density at radius 3 is 2.60 bits per heavy atom. The van der Waals surface area contributed by atoms with E-state index in [0.29, 0.717) is 36.5 Å². The normalized spacial score (nSPS) is 47.4. The van der Waals surface area contributed by atoms with Gasteiger partial charge in [-0.3, -0.25) is 9.59 Å². The summed E-state index contributed by atoms with van der Waals surface area (Å²) in [6.07, 6.45) is 9.40. The zero-order valence-corrected chi connectivity index (χ0v) is 15.7. The smallest absolute Gasteiger partial charge is 0.159 e. The minimum atomic E-state index is -0.108. The zero-order chi connectivity index (χ0) is 18.0. The van der Waals surface area contributed by atoms with E-state index in [4.69, 9.17) is 0 Å². The molecule has 136 valence electrons. The number of rotatable bonds is 2. The van der Waals surface area contributed by atoms with Gasteiger partial charge in [0.15, 0.2) is 11.6 Å². The molecule has 4 aliphatic rings. The second-order valence-electron chi connectivity index (χ2n) is 9.67. The molecule has 7 atom stereocenters. The van der Waals surface area contributed by atoms with Gasteiger partial charge < -0.3 is 4.79 Å². The molecule has 3 fully saturated rings. The predicted molar refractivity (Wildman–Crippen MR) is 95.8 cm³/mol. The van der Waals surface area contributed by atoms with Crippen molar-refractivity contribution in [3.05, 3.63) is 11.6 Å². The lowest BCUT2D eigenvalue weighted by molar-refractivity contribution is -0.132. The number of carbonyl (C=O) groups excluding carboxylic acids is 3. The number of Topliss-reactive ketones (excluding diaryl/α,β-unsaturated/α-hetero) is 1. The van der Waals surface area contributed by atoms with Crippen LogP contribution < -0.4 is 0 Å². The van der Waals surface area contributed by atoms with Crippen LogP contribution in [0.15, 0.2) is 11.6 Å². The van der Waals surface area contributed by atoms with Crippen LogP contribution >= 0.6 is 0 Å². The van der Waals surface area contributed by atoms with Crippen LogP contribution in [0.5, 0.6) is 0 Å². The van der Waals surface area contributed by atoms with Crippen molar-refractivity contribution < 1.29 is 14.4 Å². The molecule has 0 bridgehead atoms. The van der Waals surface area contributed by atoms with Gasteiger partial charge in [-0.25, -0.2) is 0 Å². The van der Waals surface area contributed by atoms with E-state index in [1.807, 2.05) is 0 Å². The van der Waals surface area contributed by atoms with Gasteiger partial charge in [-0.1, -0.05) is 20.8 Å². The molecule has 0 heterocycles. The van der Waals surface area contributed by atoms with Crippen molar-refractivity contribution in [2.45, 2.75) is 65.7 Å². The molecule has 0 saturated heterocycles. The largest absolute Gasteiger partial charge is 0.303 e. The fraction of sp³-hybridized carbons (Fsp3) is 0.773. The molecule has 3 nitrogen and oxygen atoms in total. The molecule has 4 rings (SSSR count). The zero-order valence-electron chi connectivity index (χ0n) is 15.7. The first kappa shape index (κ1) is 17.2. The molecule has 0 aromatic carbocycles. The highest BCUT2D eigenvalue weighted by molar-refractivity contribution is 6.05. The van der Waals surface area contributed by atoms with Crippen LogP contribution in [0, 0.1) is 40.4 Å². The summed E-state index contributed by atoms with van der Waals surface area (Å²) >= 11 is 0. The average Bonchev–Trinajstić information content (AvgIpc) is 2.93. The maximum absolute atomic E-state index is 12.9. The topological polar surface area (TPSA) is 51.2 Å². The lowest BCUT2D eigenvalue weighted by Crippen LogP contribution is -2.53. The molecule has 0 aliphatic heterocycles. The van der Waals surface area contributed by atoms with Crippen molar-refractivity contribution in [2.24, 2.45) is 40.4 Å². The second-order valence-corrected chi connectivity index (χ2v) is 9.67. The molecule has 0 radical (unpaired) electrons. The van der Waals surface area contributed by atoms with E-state index in [-0.39, 0.29) is 28.3 Å². The molecular weight excluding hydrogens is 312 g/mol.